The highest BCUT2D eigenvalue weighted by atomic mass is 28.4. The summed E-state index contributed by atoms with van der Waals surface area (Å²) in [6, 6.07) is 7.81. The van der Waals surface area contributed by atoms with Crippen LogP contribution >= 0.6 is 0 Å². The molecule has 0 bridgehead atoms. The van der Waals surface area contributed by atoms with Crippen LogP contribution in [0.15, 0.2) is 46.8 Å². The average Bonchev–Trinajstić information content (AvgIpc) is 3.16. The number of nitrogens with zero attached hydrogens (tertiary/aromatic N) is 5. The van der Waals surface area contributed by atoms with Gasteiger partial charge in [0, 0.05) is 44.9 Å². The molecule has 2 aliphatic heterocycles. The Morgan fingerprint density at radius 2 is 1.67 bits per heavy atom. The van der Waals surface area contributed by atoms with Crippen molar-refractivity contribution in [3.63, 3.8) is 0 Å². The number of azide groups is 1. The van der Waals surface area contributed by atoms with E-state index in [1.54, 1.807) is 77.8 Å². The zero-order valence-electron chi connectivity index (χ0n) is 41.3. The highest BCUT2D eigenvalue weighted by Gasteiger charge is 2.51. The van der Waals surface area contributed by atoms with E-state index in [0.717, 1.165) is 0 Å². The molecule has 17 heteroatoms. The summed E-state index contributed by atoms with van der Waals surface area (Å²) in [7, 11) is 3.12. The fourth-order valence-electron chi connectivity index (χ4n) is 7.80. The molecule has 1 saturated heterocycles. The molecule has 63 heavy (non-hydrogen) atoms. The molecule has 1 aromatic rings. The molecule has 0 aliphatic carbocycles. The Balaban J connectivity index is 2.16. The van der Waals surface area contributed by atoms with E-state index in [1.165, 1.54) is 0 Å². The number of carbonyl (C=O) groups excluding carboxylic acids is 3. The third-order valence-electron chi connectivity index (χ3n) is 12.2. The Bertz CT molecular complexity index is 1790. The van der Waals surface area contributed by atoms with Crippen molar-refractivity contribution in [1.29, 1.82) is 0 Å². The SMILES string of the molecule is CO[C@](C)(C[C@@H](C)CN(C(=O)OC(C)(C)C)[C@H](CN=[N+]=[N-])CO[Si](C)(C)C(C)(C)C)[C@H](O[C@@H]1O[C@H](C)C[C@H](N(C)C)[C@H]1OC(=O)c1ccccc1)[C@@H](C)C1=C(C)C(=O)OC(C)(C)O1. The second kappa shape index (κ2) is 21.5. The van der Waals surface area contributed by atoms with Crippen LogP contribution in [0.1, 0.15) is 113 Å². The van der Waals surface area contributed by atoms with Crippen molar-refractivity contribution >= 4 is 26.3 Å². The summed E-state index contributed by atoms with van der Waals surface area (Å²) in [5.41, 5.74) is 8.10. The third kappa shape index (κ3) is 14.7. The fourth-order valence-corrected chi connectivity index (χ4v) is 8.84. The van der Waals surface area contributed by atoms with Gasteiger partial charge in [0.15, 0.2) is 20.7 Å². The van der Waals surface area contributed by atoms with Gasteiger partial charge in [0.1, 0.15) is 11.4 Å². The number of likely N-dealkylation sites (N-methyl/N-ethyl adjacent to an activating group) is 1. The molecule has 356 valence electrons. The van der Waals surface area contributed by atoms with E-state index < -0.39 is 73.8 Å². The van der Waals surface area contributed by atoms with E-state index in [-0.39, 0.29) is 48.4 Å². The number of cyclic esters (lactones) is 1. The number of methoxy groups -OCH3 is 1. The molecule has 1 aromatic carbocycles. The van der Waals surface area contributed by atoms with E-state index in [4.69, 9.17) is 37.6 Å². The first-order valence-electron chi connectivity index (χ1n) is 22.0. The van der Waals surface area contributed by atoms with Gasteiger partial charge in [-0.2, -0.15) is 0 Å². The van der Waals surface area contributed by atoms with E-state index in [1.807, 2.05) is 52.8 Å². The lowest BCUT2D eigenvalue weighted by Crippen LogP contribution is -2.60. The Morgan fingerprint density at radius 1 is 1.05 bits per heavy atom. The predicted molar refractivity (Wildman–Crippen MR) is 243 cm³/mol. The lowest BCUT2D eigenvalue weighted by atomic mass is 9.80. The largest absolute Gasteiger partial charge is 0.456 e. The molecule has 0 aromatic heterocycles. The van der Waals surface area contributed by atoms with Gasteiger partial charge in [-0.25, -0.2) is 14.4 Å². The van der Waals surface area contributed by atoms with Crippen molar-refractivity contribution in [2.24, 2.45) is 17.0 Å². The Labute approximate surface area is 377 Å². The molecule has 9 atom stereocenters. The maximum absolute atomic E-state index is 14.2. The molecular formula is C46H77N5O11Si. The minimum Gasteiger partial charge on any atom is -0.456 e. The van der Waals surface area contributed by atoms with E-state index >= 15 is 0 Å². The molecule has 16 nitrogen and oxygen atoms in total. The van der Waals surface area contributed by atoms with Gasteiger partial charge in [-0.3, -0.25) is 0 Å². The summed E-state index contributed by atoms with van der Waals surface area (Å²) in [5.74, 6) is -2.93. The number of benzene rings is 1. The maximum Gasteiger partial charge on any atom is 0.410 e. The Hall–Kier alpha value is -3.70. The van der Waals surface area contributed by atoms with Crippen molar-refractivity contribution < 1.29 is 52.0 Å². The van der Waals surface area contributed by atoms with Crippen LogP contribution in [0.2, 0.25) is 18.1 Å². The third-order valence-corrected chi connectivity index (χ3v) is 16.7. The number of hydrogen-bond donors (Lipinski definition) is 0. The van der Waals surface area contributed by atoms with E-state index in [9.17, 15) is 19.9 Å². The summed E-state index contributed by atoms with van der Waals surface area (Å²) < 4.78 is 51.0. The zero-order chi connectivity index (χ0) is 47.9. The lowest BCUT2D eigenvalue weighted by Gasteiger charge is -2.48. The first-order valence-corrected chi connectivity index (χ1v) is 24.9. The van der Waals surface area contributed by atoms with Gasteiger partial charge in [0.2, 0.25) is 5.79 Å². The second-order valence-corrected chi connectivity index (χ2v) is 25.5. The molecule has 2 heterocycles. The summed E-state index contributed by atoms with van der Waals surface area (Å²) >= 11 is 0. The molecule has 3 rings (SSSR count). The van der Waals surface area contributed by atoms with Gasteiger partial charge in [0.25, 0.3) is 0 Å². The Morgan fingerprint density at radius 3 is 2.21 bits per heavy atom. The van der Waals surface area contributed by atoms with Crippen LogP contribution in [0.25, 0.3) is 10.4 Å². The van der Waals surface area contributed by atoms with Gasteiger partial charge in [-0.05, 0) is 110 Å². The minimum atomic E-state index is -2.30. The highest BCUT2D eigenvalue weighted by Crippen LogP contribution is 2.42. The highest BCUT2D eigenvalue weighted by molar-refractivity contribution is 6.74. The monoisotopic (exact) mass is 904 g/mol. The number of hydrogen-bond acceptors (Lipinski definition) is 13. The van der Waals surface area contributed by atoms with Crippen LogP contribution in [-0.2, 0) is 42.4 Å². The van der Waals surface area contributed by atoms with Gasteiger partial charge >= 0.3 is 18.0 Å². The van der Waals surface area contributed by atoms with Gasteiger partial charge in [0.05, 0.1) is 47.6 Å². The van der Waals surface area contributed by atoms with Crippen LogP contribution in [0.5, 0.6) is 0 Å². The smallest absolute Gasteiger partial charge is 0.410 e. The van der Waals surface area contributed by atoms with Crippen LogP contribution in [0.3, 0.4) is 0 Å². The molecular weight excluding hydrogens is 827 g/mol. The Kier molecular flexibility index (Phi) is 18.3. The molecule has 0 spiro atoms. The number of carbonyl (C=O) groups is 3. The second-order valence-electron chi connectivity index (χ2n) is 20.6. The average molecular weight is 904 g/mol. The molecule has 0 unspecified atom stereocenters. The summed E-state index contributed by atoms with van der Waals surface area (Å²) in [4.78, 5) is 47.8. The van der Waals surface area contributed by atoms with Crippen LogP contribution in [0, 0.1) is 11.8 Å². The normalized spacial score (nSPS) is 23.6. The molecule has 0 radical (unpaired) electrons. The number of esters is 2. The van der Waals surface area contributed by atoms with Gasteiger partial charge in [-0.15, -0.1) is 0 Å². The fraction of sp³-hybridized carbons (Fsp3) is 0.761. The first kappa shape index (κ1) is 53.6. The first-order chi connectivity index (χ1) is 29.0. The van der Waals surface area contributed by atoms with E-state index in [0.29, 0.717) is 24.2 Å². The van der Waals surface area contributed by atoms with Gasteiger partial charge < -0.3 is 47.4 Å². The molecule has 1 fully saturated rings. The topological polar surface area (TPSA) is 180 Å². The minimum absolute atomic E-state index is 0.0363. The molecule has 2 aliphatic rings. The quantitative estimate of drug-likeness (QED) is 0.0321. The molecule has 1 amide bonds. The predicted octanol–water partition coefficient (Wildman–Crippen LogP) is 9.25. The van der Waals surface area contributed by atoms with Crippen molar-refractivity contribution in [3.05, 3.63) is 57.7 Å². The standard InChI is InChI=1S/C46H77N5O11Si/c1-29(27-51(42(54)62-43(5,6)7)34(26-48-49-47)28-56-63(17,18)44(8,9)10)25-46(13,55-16)38(31(3)36-32(4)39(52)61-45(11,12)60-36)59-41-37(35(50(14)15)24-30(2)57-41)58-40(53)33-22-20-19-21-23-33/h19-23,29-31,34-35,37-38,41H,24-28H2,1-18H3/t29-,30-,31+,34-,35+,37-,38-,41+,46-/m1/s1. The van der Waals surface area contributed by atoms with Crippen LogP contribution in [-0.4, -0.2) is 131 Å². The number of amides is 1. The molecule has 0 N–H and O–H groups in total. The number of rotatable bonds is 19. The lowest BCUT2D eigenvalue weighted by molar-refractivity contribution is -0.298. The van der Waals surface area contributed by atoms with Crippen molar-refractivity contribution in [1.82, 2.24) is 9.80 Å². The van der Waals surface area contributed by atoms with Crippen molar-refractivity contribution in [3.8, 4) is 0 Å². The number of ether oxygens (including phenoxy) is 7. The van der Waals surface area contributed by atoms with E-state index in [2.05, 4.69) is 43.9 Å². The van der Waals surface area contributed by atoms with Crippen molar-refractivity contribution in [2.75, 3.05) is 40.9 Å². The zero-order valence-corrected chi connectivity index (χ0v) is 42.3. The van der Waals surface area contributed by atoms with Crippen LogP contribution < -0.4 is 0 Å². The molecule has 0 saturated carbocycles. The van der Waals surface area contributed by atoms with Crippen LogP contribution in [0.4, 0.5) is 4.79 Å². The summed E-state index contributed by atoms with van der Waals surface area (Å²) in [6.45, 7) is 29.0. The maximum atomic E-state index is 14.2. The van der Waals surface area contributed by atoms with Gasteiger partial charge in [-0.1, -0.05) is 57.9 Å². The summed E-state index contributed by atoms with van der Waals surface area (Å²) in [5, 5.41) is 3.80. The van der Waals surface area contributed by atoms with Crippen molar-refractivity contribution in [2.45, 2.75) is 175 Å². The summed E-state index contributed by atoms with van der Waals surface area (Å²) in [6.07, 6.45) is -2.90.